The second-order valence-corrected chi connectivity index (χ2v) is 8.10. The van der Waals surface area contributed by atoms with Gasteiger partial charge < -0.3 is 15.4 Å². The van der Waals surface area contributed by atoms with Gasteiger partial charge in [-0.3, -0.25) is 4.79 Å². The number of halogens is 3. The molecule has 0 spiro atoms. The van der Waals surface area contributed by atoms with Gasteiger partial charge in [0.25, 0.3) is 5.91 Å². The molecule has 2 aromatic rings. The summed E-state index contributed by atoms with van der Waals surface area (Å²) in [5, 5.41) is 5.52. The lowest BCUT2D eigenvalue weighted by atomic mass is 10.1. The number of nitrogens with one attached hydrogen (secondary N) is 3. The number of amides is 1. The number of hydrogen-bond acceptors (Lipinski definition) is 5. The monoisotopic (exact) mass is 445 g/mol. The van der Waals surface area contributed by atoms with Crippen molar-refractivity contribution >= 4 is 27.3 Å². The molecule has 0 aromatic heterocycles. The van der Waals surface area contributed by atoms with Crippen LogP contribution in [-0.2, 0) is 20.9 Å². The molecule has 7 nitrogen and oxygen atoms in total. The van der Waals surface area contributed by atoms with Gasteiger partial charge in [0.15, 0.2) is 0 Å². The number of benzene rings is 2. The Hall–Kier alpha value is -2.63. The van der Waals surface area contributed by atoms with Crippen molar-refractivity contribution in [1.29, 1.82) is 0 Å². The zero-order valence-corrected chi connectivity index (χ0v) is 17.2. The van der Waals surface area contributed by atoms with Crippen molar-refractivity contribution in [2.45, 2.75) is 17.5 Å². The standard InChI is InChI=1S/C19H22F3N3O4S/c1-23-30(27,28)15-8-9-17(16(12-15)18(26)24-10-3-11-29-2)25-14-6-4-13(5-7-14)19(20,21)22/h4-9,12,23,25H,3,10-11H2,1-2H3,(H,24,26). The Morgan fingerprint density at radius 2 is 1.77 bits per heavy atom. The topological polar surface area (TPSA) is 96.5 Å². The summed E-state index contributed by atoms with van der Waals surface area (Å²) in [5.74, 6) is -0.534. The zero-order chi connectivity index (χ0) is 22.4. The van der Waals surface area contributed by atoms with Crippen molar-refractivity contribution in [2.24, 2.45) is 0 Å². The average molecular weight is 445 g/mol. The summed E-state index contributed by atoms with van der Waals surface area (Å²) in [4.78, 5) is 12.5. The Morgan fingerprint density at radius 3 is 2.33 bits per heavy atom. The van der Waals surface area contributed by atoms with Gasteiger partial charge in [-0.15, -0.1) is 0 Å². The van der Waals surface area contributed by atoms with Crippen LogP contribution in [0.25, 0.3) is 0 Å². The first kappa shape index (κ1) is 23.6. The molecule has 0 saturated carbocycles. The normalized spacial score (nSPS) is 11.9. The quantitative estimate of drug-likeness (QED) is 0.516. The molecule has 0 fully saturated rings. The molecule has 30 heavy (non-hydrogen) atoms. The Bertz CT molecular complexity index is 978. The molecule has 0 heterocycles. The fraction of sp³-hybridized carbons (Fsp3) is 0.316. The minimum absolute atomic E-state index is 0.0311. The lowest BCUT2D eigenvalue weighted by Crippen LogP contribution is -2.27. The van der Waals surface area contributed by atoms with Crippen LogP contribution < -0.4 is 15.4 Å². The van der Waals surface area contributed by atoms with Gasteiger partial charge in [-0.25, -0.2) is 13.1 Å². The Balaban J connectivity index is 2.34. The molecule has 0 aliphatic carbocycles. The molecule has 2 aromatic carbocycles. The van der Waals surface area contributed by atoms with Crippen molar-refractivity contribution in [3.05, 3.63) is 53.6 Å². The number of anilines is 2. The largest absolute Gasteiger partial charge is 0.416 e. The Morgan fingerprint density at radius 1 is 1.10 bits per heavy atom. The van der Waals surface area contributed by atoms with Crippen LogP contribution in [0.1, 0.15) is 22.3 Å². The van der Waals surface area contributed by atoms with Crippen LogP contribution in [0, 0.1) is 0 Å². The highest BCUT2D eigenvalue weighted by Crippen LogP contribution is 2.31. The summed E-state index contributed by atoms with van der Waals surface area (Å²) in [6, 6.07) is 8.14. The van der Waals surface area contributed by atoms with Gasteiger partial charge in [-0.2, -0.15) is 13.2 Å². The van der Waals surface area contributed by atoms with Gasteiger partial charge in [0.1, 0.15) is 0 Å². The summed E-state index contributed by atoms with van der Waals surface area (Å²) >= 11 is 0. The predicted octanol–water partition coefficient (Wildman–Crippen LogP) is 3.12. The maximum absolute atomic E-state index is 12.7. The second-order valence-electron chi connectivity index (χ2n) is 6.22. The molecule has 164 valence electrons. The third kappa shape index (κ3) is 6.18. The number of carbonyl (C=O) groups excluding carboxylic acids is 1. The highest BCUT2D eigenvalue weighted by Gasteiger charge is 2.30. The molecule has 0 saturated heterocycles. The van der Waals surface area contributed by atoms with Crippen LogP contribution in [0.4, 0.5) is 24.5 Å². The minimum Gasteiger partial charge on any atom is -0.385 e. The van der Waals surface area contributed by atoms with E-state index >= 15 is 0 Å². The van der Waals surface area contributed by atoms with Gasteiger partial charge in [0.05, 0.1) is 21.7 Å². The van der Waals surface area contributed by atoms with E-state index in [9.17, 15) is 26.4 Å². The van der Waals surface area contributed by atoms with E-state index in [-0.39, 0.29) is 16.1 Å². The SMILES string of the molecule is CNS(=O)(=O)c1ccc(Nc2ccc(C(F)(F)F)cc2)c(C(=O)NCCCOC)c1. The van der Waals surface area contributed by atoms with E-state index in [2.05, 4.69) is 15.4 Å². The van der Waals surface area contributed by atoms with E-state index < -0.39 is 27.7 Å². The molecule has 0 bridgehead atoms. The van der Waals surface area contributed by atoms with Gasteiger partial charge in [-0.05, 0) is 55.9 Å². The summed E-state index contributed by atoms with van der Waals surface area (Å²) < 4.78 is 69.5. The first-order chi connectivity index (χ1) is 14.1. The maximum atomic E-state index is 12.7. The number of carbonyl (C=O) groups is 1. The number of rotatable bonds is 9. The highest BCUT2D eigenvalue weighted by atomic mass is 32.2. The molecule has 0 aliphatic heterocycles. The van der Waals surface area contributed by atoms with Crippen LogP contribution in [0.5, 0.6) is 0 Å². The summed E-state index contributed by atoms with van der Waals surface area (Å²) in [7, 11) is -1.03. The molecule has 0 radical (unpaired) electrons. The average Bonchev–Trinajstić information content (AvgIpc) is 2.71. The van der Waals surface area contributed by atoms with E-state index in [4.69, 9.17) is 4.74 Å². The summed E-state index contributed by atoms with van der Waals surface area (Å²) in [6.45, 7) is 0.737. The Labute approximate surface area is 172 Å². The lowest BCUT2D eigenvalue weighted by Gasteiger charge is -2.15. The second kappa shape index (κ2) is 9.92. The predicted molar refractivity (Wildman–Crippen MR) is 106 cm³/mol. The number of alkyl halides is 3. The van der Waals surface area contributed by atoms with Gasteiger partial charge in [-0.1, -0.05) is 0 Å². The number of sulfonamides is 1. The van der Waals surface area contributed by atoms with Gasteiger partial charge >= 0.3 is 6.18 Å². The molecule has 3 N–H and O–H groups in total. The lowest BCUT2D eigenvalue weighted by molar-refractivity contribution is -0.137. The first-order valence-electron chi connectivity index (χ1n) is 8.87. The van der Waals surface area contributed by atoms with E-state index in [1.807, 2.05) is 0 Å². The third-order valence-corrected chi connectivity index (χ3v) is 5.53. The van der Waals surface area contributed by atoms with E-state index in [0.717, 1.165) is 12.1 Å². The van der Waals surface area contributed by atoms with E-state index in [1.54, 1.807) is 0 Å². The third-order valence-electron chi connectivity index (χ3n) is 4.12. The Kier molecular flexibility index (Phi) is 7.82. The van der Waals surface area contributed by atoms with Crippen molar-refractivity contribution in [3.8, 4) is 0 Å². The smallest absolute Gasteiger partial charge is 0.385 e. The summed E-state index contributed by atoms with van der Waals surface area (Å²) in [5.41, 5.74) is -0.224. The van der Waals surface area contributed by atoms with Crippen LogP contribution in [0.3, 0.4) is 0 Å². The maximum Gasteiger partial charge on any atom is 0.416 e. The zero-order valence-electron chi connectivity index (χ0n) is 16.3. The summed E-state index contributed by atoms with van der Waals surface area (Å²) in [6.07, 6.45) is -3.91. The molecule has 2 rings (SSSR count). The number of ether oxygens (including phenoxy) is 1. The molecule has 0 aliphatic rings. The van der Waals surface area contributed by atoms with Crippen LogP contribution in [0.2, 0.25) is 0 Å². The molecular formula is C19H22F3N3O4S. The molecule has 1 amide bonds. The highest BCUT2D eigenvalue weighted by molar-refractivity contribution is 7.89. The van der Waals surface area contributed by atoms with Gasteiger partial charge in [0, 0.05) is 25.9 Å². The number of methoxy groups -OCH3 is 1. The van der Waals surface area contributed by atoms with Crippen molar-refractivity contribution < 1.29 is 31.1 Å². The van der Waals surface area contributed by atoms with Crippen LogP contribution in [0.15, 0.2) is 47.4 Å². The van der Waals surface area contributed by atoms with E-state index in [1.165, 1.54) is 44.5 Å². The van der Waals surface area contributed by atoms with E-state index in [0.29, 0.717) is 25.3 Å². The fourth-order valence-electron chi connectivity index (χ4n) is 2.52. The molecule has 0 atom stereocenters. The van der Waals surface area contributed by atoms with Gasteiger partial charge in [0.2, 0.25) is 10.0 Å². The molecule has 11 heteroatoms. The van der Waals surface area contributed by atoms with Crippen molar-refractivity contribution in [2.75, 3.05) is 32.6 Å². The number of hydrogen-bond donors (Lipinski definition) is 3. The molecule has 0 unspecified atom stereocenters. The minimum atomic E-state index is -4.46. The fourth-order valence-corrected chi connectivity index (χ4v) is 3.27. The van der Waals surface area contributed by atoms with Crippen LogP contribution in [-0.4, -0.2) is 41.6 Å². The first-order valence-corrected chi connectivity index (χ1v) is 10.4. The van der Waals surface area contributed by atoms with Crippen LogP contribution >= 0.6 is 0 Å². The van der Waals surface area contributed by atoms with Crippen molar-refractivity contribution in [3.63, 3.8) is 0 Å². The van der Waals surface area contributed by atoms with Crippen molar-refractivity contribution in [1.82, 2.24) is 10.0 Å². The molecular weight excluding hydrogens is 423 g/mol.